The van der Waals surface area contributed by atoms with E-state index < -0.39 is 0 Å². The molecule has 1 heterocycles. The van der Waals surface area contributed by atoms with E-state index in [0.29, 0.717) is 5.69 Å². The number of amides is 1. The quantitative estimate of drug-likeness (QED) is 0.680. The number of rotatable bonds is 5. The topological polar surface area (TPSA) is 74.0 Å². The molecule has 0 radical (unpaired) electrons. The number of nitrogens with zero attached hydrogens (tertiary/aromatic N) is 4. The lowest BCUT2D eigenvalue weighted by atomic mass is 10.1. The van der Waals surface area contributed by atoms with Crippen LogP contribution in [0.2, 0.25) is 0 Å². The van der Waals surface area contributed by atoms with E-state index in [1.54, 1.807) is 4.68 Å². The van der Waals surface area contributed by atoms with Gasteiger partial charge in [-0.05, 0) is 38.0 Å². The first-order valence-electron chi connectivity index (χ1n) is 7.52. The van der Waals surface area contributed by atoms with Crippen molar-refractivity contribution in [1.29, 1.82) is 5.26 Å². The van der Waals surface area contributed by atoms with Crippen LogP contribution in [0.15, 0.2) is 24.3 Å². The van der Waals surface area contributed by atoms with Gasteiger partial charge in [-0.15, -0.1) is 0 Å². The average molecular weight is 311 g/mol. The highest BCUT2D eigenvalue weighted by atomic mass is 16.2. The molecule has 0 aliphatic heterocycles. The van der Waals surface area contributed by atoms with Gasteiger partial charge in [0.1, 0.15) is 6.54 Å². The highest BCUT2D eigenvalue weighted by Gasteiger charge is 2.16. The molecule has 0 aliphatic carbocycles. The molecular weight excluding hydrogens is 290 g/mol. The van der Waals surface area contributed by atoms with Crippen molar-refractivity contribution in [3.05, 3.63) is 41.2 Å². The lowest BCUT2D eigenvalue weighted by molar-refractivity contribution is -0.114. The molecule has 1 aromatic carbocycles. The Morgan fingerprint density at radius 2 is 2.17 bits per heavy atom. The van der Waals surface area contributed by atoms with Gasteiger partial charge in [0.15, 0.2) is 6.19 Å². The second kappa shape index (κ2) is 6.97. The third-order valence-corrected chi connectivity index (χ3v) is 3.83. The largest absolute Gasteiger partial charge is 0.321 e. The Morgan fingerprint density at radius 3 is 2.74 bits per heavy atom. The fourth-order valence-corrected chi connectivity index (χ4v) is 2.41. The summed E-state index contributed by atoms with van der Waals surface area (Å²) in [5.41, 5.74) is 4.20. The first kappa shape index (κ1) is 16.6. The van der Waals surface area contributed by atoms with Crippen LogP contribution in [0.25, 0.3) is 0 Å². The summed E-state index contributed by atoms with van der Waals surface area (Å²) in [6.45, 7) is 5.76. The number of hydrogen-bond acceptors (Lipinski definition) is 4. The number of hydrogen-bond donors (Lipinski definition) is 1. The Kier molecular flexibility index (Phi) is 5.02. The van der Waals surface area contributed by atoms with Crippen molar-refractivity contribution in [3.63, 3.8) is 0 Å². The van der Waals surface area contributed by atoms with Crippen molar-refractivity contribution in [2.45, 2.75) is 27.2 Å². The molecule has 0 saturated carbocycles. The van der Waals surface area contributed by atoms with Crippen LogP contribution in [0.3, 0.4) is 0 Å². The summed E-state index contributed by atoms with van der Waals surface area (Å²) in [5, 5.41) is 16.5. The predicted octanol–water partition coefficient (Wildman–Crippen LogP) is 2.53. The van der Waals surface area contributed by atoms with Crippen molar-refractivity contribution in [3.8, 4) is 6.19 Å². The van der Waals surface area contributed by atoms with Crippen LogP contribution >= 0.6 is 0 Å². The molecule has 0 atom stereocenters. The SMILES string of the molecule is CCc1cccc(N(C#N)CC(=O)Nc2c(C)nn(C)c2C)c1. The second-order valence-electron chi connectivity index (χ2n) is 5.43. The molecule has 6 heteroatoms. The summed E-state index contributed by atoms with van der Waals surface area (Å²) in [5.74, 6) is -0.243. The molecule has 1 amide bonds. The van der Waals surface area contributed by atoms with Crippen LogP contribution in [-0.4, -0.2) is 22.2 Å². The summed E-state index contributed by atoms with van der Waals surface area (Å²) in [6, 6.07) is 7.65. The fraction of sp³-hybridized carbons (Fsp3) is 0.353. The third kappa shape index (κ3) is 3.69. The van der Waals surface area contributed by atoms with E-state index in [9.17, 15) is 10.1 Å². The van der Waals surface area contributed by atoms with Crippen molar-refractivity contribution >= 4 is 17.3 Å². The van der Waals surface area contributed by atoms with E-state index in [1.165, 1.54) is 4.90 Å². The van der Waals surface area contributed by atoms with Gasteiger partial charge >= 0.3 is 0 Å². The third-order valence-electron chi connectivity index (χ3n) is 3.83. The van der Waals surface area contributed by atoms with E-state index in [-0.39, 0.29) is 12.5 Å². The molecule has 0 bridgehead atoms. The second-order valence-corrected chi connectivity index (χ2v) is 5.43. The smallest absolute Gasteiger partial charge is 0.245 e. The summed E-state index contributed by atoms with van der Waals surface area (Å²) in [6.07, 6.45) is 2.95. The summed E-state index contributed by atoms with van der Waals surface area (Å²) < 4.78 is 1.72. The molecular formula is C17H21N5O. The zero-order valence-corrected chi connectivity index (χ0v) is 13.9. The van der Waals surface area contributed by atoms with Crippen LogP contribution in [-0.2, 0) is 18.3 Å². The van der Waals surface area contributed by atoms with Gasteiger partial charge in [0.25, 0.3) is 0 Å². The minimum absolute atomic E-state index is 0.0303. The normalized spacial score (nSPS) is 10.2. The number of carbonyl (C=O) groups is 1. The van der Waals surface area contributed by atoms with Gasteiger partial charge < -0.3 is 5.32 Å². The van der Waals surface area contributed by atoms with Gasteiger partial charge in [-0.1, -0.05) is 19.1 Å². The minimum atomic E-state index is -0.243. The van der Waals surface area contributed by atoms with Gasteiger partial charge in [-0.3, -0.25) is 14.4 Å². The Balaban J connectivity index is 2.12. The Bertz CT molecular complexity index is 757. The van der Waals surface area contributed by atoms with E-state index in [0.717, 1.165) is 29.1 Å². The van der Waals surface area contributed by atoms with Crippen LogP contribution in [0.1, 0.15) is 23.9 Å². The highest BCUT2D eigenvalue weighted by molar-refractivity contribution is 5.95. The maximum absolute atomic E-state index is 12.3. The maximum Gasteiger partial charge on any atom is 0.245 e. The van der Waals surface area contributed by atoms with Crippen LogP contribution in [0, 0.1) is 25.3 Å². The number of benzene rings is 1. The van der Waals surface area contributed by atoms with Gasteiger partial charge in [0.05, 0.1) is 22.8 Å². The minimum Gasteiger partial charge on any atom is -0.321 e. The summed E-state index contributed by atoms with van der Waals surface area (Å²) in [7, 11) is 1.83. The molecule has 2 rings (SSSR count). The number of carbonyl (C=O) groups excluding carboxylic acids is 1. The average Bonchev–Trinajstić information content (AvgIpc) is 2.79. The molecule has 0 spiro atoms. The van der Waals surface area contributed by atoms with Crippen molar-refractivity contribution in [2.24, 2.45) is 7.05 Å². The van der Waals surface area contributed by atoms with Crippen molar-refractivity contribution in [2.75, 3.05) is 16.8 Å². The van der Waals surface area contributed by atoms with E-state index in [2.05, 4.69) is 23.5 Å². The monoisotopic (exact) mass is 311 g/mol. The molecule has 2 aromatic rings. The maximum atomic E-state index is 12.3. The van der Waals surface area contributed by atoms with Crippen LogP contribution in [0.5, 0.6) is 0 Å². The number of nitrogens with one attached hydrogen (secondary N) is 1. The van der Waals surface area contributed by atoms with Gasteiger partial charge in [-0.2, -0.15) is 10.4 Å². The molecule has 120 valence electrons. The first-order chi connectivity index (χ1) is 11.0. The first-order valence-corrected chi connectivity index (χ1v) is 7.52. The number of nitriles is 1. The molecule has 0 saturated heterocycles. The van der Waals surface area contributed by atoms with E-state index in [4.69, 9.17) is 0 Å². The molecule has 0 aliphatic rings. The van der Waals surface area contributed by atoms with Gasteiger partial charge in [0.2, 0.25) is 5.91 Å². The van der Waals surface area contributed by atoms with Gasteiger partial charge in [-0.25, -0.2) is 0 Å². The van der Waals surface area contributed by atoms with Crippen LogP contribution in [0.4, 0.5) is 11.4 Å². The van der Waals surface area contributed by atoms with Crippen LogP contribution < -0.4 is 10.2 Å². The molecule has 1 aromatic heterocycles. The number of anilines is 2. The summed E-state index contributed by atoms with van der Waals surface area (Å²) >= 11 is 0. The standard InChI is InChI=1S/C17H21N5O/c1-5-14-7-6-8-15(9-14)22(11-18)10-16(23)19-17-12(2)20-21(4)13(17)3/h6-9H,5,10H2,1-4H3,(H,19,23). The molecule has 1 N–H and O–H groups in total. The number of aromatic nitrogens is 2. The van der Waals surface area contributed by atoms with Crippen molar-refractivity contribution in [1.82, 2.24) is 9.78 Å². The Labute approximate surface area is 136 Å². The lowest BCUT2D eigenvalue weighted by Crippen LogP contribution is -2.30. The molecule has 23 heavy (non-hydrogen) atoms. The van der Waals surface area contributed by atoms with E-state index >= 15 is 0 Å². The van der Waals surface area contributed by atoms with Gasteiger partial charge in [0, 0.05) is 7.05 Å². The Hall–Kier alpha value is -2.81. The van der Waals surface area contributed by atoms with Crippen molar-refractivity contribution < 1.29 is 4.79 Å². The highest BCUT2D eigenvalue weighted by Crippen LogP contribution is 2.19. The lowest BCUT2D eigenvalue weighted by Gasteiger charge is -2.16. The summed E-state index contributed by atoms with van der Waals surface area (Å²) in [4.78, 5) is 13.7. The predicted molar refractivity (Wildman–Crippen MR) is 90.1 cm³/mol. The number of aryl methyl sites for hydroxylation is 3. The fourth-order valence-electron chi connectivity index (χ4n) is 2.41. The van der Waals surface area contributed by atoms with E-state index in [1.807, 2.05) is 45.2 Å². The Morgan fingerprint density at radius 1 is 1.43 bits per heavy atom. The zero-order valence-electron chi connectivity index (χ0n) is 13.9. The molecule has 6 nitrogen and oxygen atoms in total. The molecule has 0 unspecified atom stereocenters. The molecule has 0 fully saturated rings. The zero-order chi connectivity index (χ0) is 17.0.